The second-order valence-electron chi connectivity index (χ2n) is 3.55. The van der Waals surface area contributed by atoms with E-state index in [-0.39, 0.29) is 12.3 Å². The van der Waals surface area contributed by atoms with Gasteiger partial charge in [0.25, 0.3) is 0 Å². The Morgan fingerprint density at radius 3 is 2.53 bits per heavy atom. The quantitative estimate of drug-likeness (QED) is 0.885. The molecular formula is C11H11Cl2NO3. The lowest BCUT2D eigenvalue weighted by atomic mass is 10.1. The fourth-order valence-electron chi connectivity index (χ4n) is 1.19. The van der Waals surface area contributed by atoms with Crippen LogP contribution in [0, 0.1) is 0 Å². The fraction of sp³-hybridized carbons (Fsp3) is 0.273. The van der Waals surface area contributed by atoms with E-state index in [0.29, 0.717) is 15.6 Å². The topological polar surface area (TPSA) is 66.4 Å². The van der Waals surface area contributed by atoms with Crippen LogP contribution in [0.5, 0.6) is 0 Å². The molecule has 1 aromatic carbocycles. The first-order chi connectivity index (χ1) is 7.90. The van der Waals surface area contributed by atoms with Crippen LogP contribution in [0.25, 0.3) is 0 Å². The predicted octanol–water partition coefficient (Wildman–Crippen LogP) is 2.13. The van der Waals surface area contributed by atoms with Crippen molar-refractivity contribution in [3.8, 4) is 0 Å². The van der Waals surface area contributed by atoms with E-state index in [9.17, 15) is 9.59 Å². The molecule has 1 rings (SSSR count). The van der Waals surface area contributed by atoms with Gasteiger partial charge in [0.2, 0.25) is 5.91 Å². The average molecular weight is 276 g/mol. The Hall–Kier alpha value is -1.26. The van der Waals surface area contributed by atoms with Gasteiger partial charge in [-0.3, -0.25) is 9.59 Å². The van der Waals surface area contributed by atoms with Gasteiger partial charge < -0.3 is 10.4 Å². The number of aliphatic carboxylic acids is 1. The van der Waals surface area contributed by atoms with Gasteiger partial charge in [-0.2, -0.15) is 0 Å². The van der Waals surface area contributed by atoms with E-state index in [1.165, 1.54) is 6.92 Å². The lowest BCUT2D eigenvalue weighted by molar-refractivity contribution is -0.141. The number of rotatable bonds is 4. The summed E-state index contributed by atoms with van der Waals surface area (Å²) in [6.07, 6.45) is 0.0640. The highest BCUT2D eigenvalue weighted by Crippen LogP contribution is 2.22. The molecule has 2 N–H and O–H groups in total. The second kappa shape index (κ2) is 5.89. The fourth-order valence-corrected chi connectivity index (χ4v) is 1.51. The number of amides is 1. The van der Waals surface area contributed by atoms with E-state index >= 15 is 0 Å². The molecule has 0 heterocycles. The van der Waals surface area contributed by atoms with Gasteiger partial charge in [-0.25, -0.2) is 0 Å². The Kier molecular flexibility index (Phi) is 4.78. The van der Waals surface area contributed by atoms with Gasteiger partial charge in [0.15, 0.2) is 0 Å². The monoisotopic (exact) mass is 275 g/mol. The van der Waals surface area contributed by atoms with Crippen molar-refractivity contribution in [1.82, 2.24) is 5.32 Å². The Labute approximate surface area is 109 Å². The minimum atomic E-state index is -1.08. The summed E-state index contributed by atoms with van der Waals surface area (Å²) >= 11 is 11.5. The number of benzene rings is 1. The van der Waals surface area contributed by atoms with Crippen molar-refractivity contribution < 1.29 is 14.7 Å². The zero-order valence-corrected chi connectivity index (χ0v) is 10.5. The van der Waals surface area contributed by atoms with Gasteiger partial charge in [-0.1, -0.05) is 29.3 Å². The first-order valence-electron chi connectivity index (χ1n) is 4.86. The van der Waals surface area contributed by atoms with Crippen molar-refractivity contribution in [3.63, 3.8) is 0 Å². The maximum Gasteiger partial charge on any atom is 0.325 e. The molecule has 0 bridgehead atoms. The van der Waals surface area contributed by atoms with Crippen LogP contribution in [-0.2, 0) is 16.0 Å². The number of carbonyl (C=O) groups is 2. The largest absolute Gasteiger partial charge is 0.480 e. The molecule has 0 aromatic heterocycles. The van der Waals surface area contributed by atoms with Gasteiger partial charge in [0.1, 0.15) is 6.04 Å². The summed E-state index contributed by atoms with van der Waals surface area (Å²) in [5.74, 6) is -1.45. The average Bonchev–Trinajstić information content (AvgIpc) is 2.23. The van der Waals surface area contributed by atoms with Gasteiger partial charge >= 0.3 is 5.97 Å². The highest BCUT2D eigenvalue weighted by Gasteiger charge is 2.14. The van der Waals surface area contributed by atoms with Crippen molar-refractivity contribution >= 4 is 35.1 Å². The Balaban J connectivity index is 2.62. The number of halogens is 2. The molecule has 17 heavy (non-hydrogen) atoms. The first-order valence-corrected chi connectivity index (χ1v) is 5.62. The molecule has 1 atom stereocenters. The first kappa shape index (κ1) is 13.8. The highest BCUT2D eigenvalue weighted by atomic mass is 35.5. The molecule has 0 radical (unpaired) electrons. The summed E-state index contributed by atoms with van der Waals surface area (Å²) in [7, 11) is 0. The van der Waals surface area contributed by atoms with E-state index in [2.05, 4.69) is 5.32 Å². The molecule has 0 aliphatic heterocycles. The molecule has 92 valence electrons. The lowest BCUT2D eigenvalue weighted by Gasteiger charge is -2.09. The summed E-state index contributed by atoms with van der Waals surface area (Å²) in [5, 5.41) is 11.7. The molecule has 1 aromatic rings. The second-order valence-corrected chi connectivity index (χ2v) is 4.37. The summed E-state index contributed by atoms with van der Waals surface area (Å²) < 4.78 is 0. The number of nitrogens with one attached hydrogen (secondary N) is 1. The van der Waals surface area contributed by atoms with E-state index < -0.39 is 12.0 Å². The standard InChI is InChI=1S/C11H11Cl2NO3/c1-6(11(16)17)14-10(15)5-7-2-3-8(12)9(13)4-7/h2-4,6H,5H2,1H3,(H,14,15)(H,16,17). The zero-order valence-electron chi connectivity index (χ0n) is 9.04. The number of carboxylic acids is 1. The lowest BCUT2D eigenvalue weighted by Crippen LogP contribution is -2.39. The van der Waals surface area contributed by atoms with Crippen LogP contribution < -0.4 is 5.32 Å². The van der Waals surface area contributed by atoms with Gasteiger partial charge in [-0.15, -0.1) is 0 Å². The zero-order chi connectivity index (χ0) is 13.0. The van der Waals surface area contributed by atoms with E-state index in [0.717, 1.165) is 0 Å². The minimum absolute atomic E-state index is 0.0640. The van der Waals surface area contributed by atoms with Gasteiger partial charge in [0, 0.05) is 0 Å². The third-order valence-electron chi connectivity index (χ3n) is 2.10. The third-order valence-corrected chi connectivity index (χ3v) is 2.84. The minimum Gasteiger partial charge on any atom is -0.480 e. The maximum atomic E-state index is 11.5. The number of carbonyl (C=O) groups excluding carboxylic acids is 1. The van der Waals surface area contributed by atoms with Crippen LogP contribution in [0.15, 0.2) is 18.2 Å². The van der Waals surface area contributed by atoms with Crippen molar-refractivity contribution in [1.29, 1.82) is 0 Å². The predicted molar refractivity (Wildman–Crippen MR) is 65.4 cm³/mol. The molecule has 6 heteroatoms. The molecule has 0 aliphatic rings. The summed E-state index contributed by atoms with van der Waals surface area (Å²) in [6.45, 7) is 1.40. The van der Waals surface area contributed by atoms with Gasteiger partial charge in [-0.05, 0) is 24.6 Å². The van der Waals surface area contributed by atoms with Crippen LogP contribution in [-0.4, -0.2) is 23.0 Å². The molecule has 0 aliphatic carbocycles. The third kappa shape index (κ3) is 4.24. The van der Waals surface area contributed by atoms with Crippen molar-refractivity contribution in [2.45, 2.75) is 19.4 Å². The summed E-state index contributed by atoms with van der Waals surface area (Å²) in [4.78, 5) is 22.0. The van der Waals surface area contributed by atoms with Crippen LogP contribution >= 0.6 is 23.2 Å². The molecule has 0 saturated heterocycles. The highest BCUT2D eigenvalue weighted by molar-refractivity contribution is 6.42. The Bertz CT molecular complexity index is 448. The molecule has 4 nitrogen and oxygen atoms in total. The summed E-state index contributed by atoms with van der Waals surface area (Å²) in [6, 6.07) is 3.92. The molecular weight excluding hydrogens is 265 g/mol. The van der Waals surface area contributed by atoms with Crippen LogP contribution in [0.4, 0.5) is 0 Å². The number of hydrogen-bond donors (Lipinski definition) is 2. The SMILES string of the molecule is CC(NC(=O)Cc1ccc(Cl)c(Cl)c1)C(=O)O. The van der Waals surface area contributed by atoms with E-state index in [1.54, 1.807) is 18.2 Å². The number of carboxylic acid groups (broad SMARTS) is 1. The van der Waals surface area contributed by atoms with E-state index in [4.69, 9.17) is 28.3 Å². The summed E-state index contributed by atoms with van der Waals surface area (Å²) in [5.41, 5.74) is 0.675. The van der Waals surface area contributed by atoms with Crippen LogP contribution in [0.1, 0.15) is 12.5 Å². The molecule has 1 amide bonds. The van der Waals surface area contributed by atoms with Crippen LogP contribution in [0.3, 0.4) is 0 Å². The van der Waals surface area contributed by atoms with Crippen molar-refractivity contribution in [2.24, 2.45) is 0 Å². The van der Waals surface area contributed by atoms with Gasteiger partial charge in [0.05, 0.1) is 16.5 Å². The van der Waals surface area contributed by atoms with Crippen molar-refractivity contribution in [2.75, 3.05) is 0 Å². The molecule has 0 saturated carbocycles. The van der Waals surface area contributed by atoms with Crippen LogP contribution in [0.2, 0.25) is 10.0 Å². The van der Waals surface area contributed by atoms with E-state index in [1.807, 2.05) is 0 Å². The van der Waals surface area contributed by atoms with Crippen molar-refractivity contribution in [3.05, 3.63) is 33.8 Å². The molecule has 1 unspecified atom stereocenters. The Morgan fingerprint density at radius 1 is 1.35 bits per heavy atom. The smallest absolute Gasteiger partial charge is 0.325 e. The molecule has 0 spiro atoms. The maximum absolute atomic E-state index is 11.5. The number of hydrogen-bond acceptors (Lipinski definition) is 2. The molecule has 0 fully saturated rings. The normalized spacial score (nSPS) is 11.9. The Morgan fingerprint density at radius 2 is 2.00 bits per heavy atom.